The van der Waals surface area contributed by atoms with E-state index in [-0.39, 0.29) is 13.0 Å². The molecule has 0 saturated carbocycles. The summed E-state index contributed by atoms with van der Waals surface area (Å²) in [7, 11) is 0. The maximum Gasteiger partial charge on any atom is 0.328 e. The fourth-order valence-electron chi connectivity index (χ4n) is 1.97. The van der Waals surface area contributed by atoms with E-state index in [1.54, 1.807) is 0 Å². The average molecular weight is 288 g/mol. The summed E-state index contributed by atoms with van der Waals surface area (Å²) < 4.78 is 0. The third-order valence-corrected chi connectivity index (χ3v) is 3.03. The molecule has 0 bridgehead atoms. The molecule has 20 heavy (non-hydrogen) atoms. The standard InChI is InChI=1S/C11H16N2O7/c14-5-6(10(17)18)12-8(15)9(16)13-4-2-1-3-7(13)11(19)20/h6-7,14H,1-5H2,(H,12,15)(H,17,18)(H,19,20)/t6-,7+/m1/s1. The van der Waals surface area contributed by atoms with E-state index >= 15 is 0 Å². The fourth-order valence-corrected chi connectivity index (χ4v) is 1.97. The molecule has 4 N–H and O–H groups in total. The Morgan fingerprint density at radius 3 is 2.35 bits per heavy atom. The number of aliphatic hydroxyl groups excluding tert-OH is 1. The molecular weight excluding hydrogens is 272 g/mol. The highest BCUT2D eigenvalue weighted by Gasteiger charge is 2.36. The van der Waals surface area contributed by atoms with E-state index < -0.39 is 42.4 Å². The van der Waals surface area contributed by atoms with Crippen molar-refractivity contribution in [3.63, 3.8) is 0 Å². The topological polar surface area (TPSA) is 144 Å². The number of aliphatic hydroxyl groups is 1. The van der Waals surface area contributed by atoms with E-state index in [2.05, 4.69) is 0 Å². The summed E-state index contributed by atoms with van der Waals surface area (Å²) in [6, 6.07) is -2.68. The smallest absolute Gasteiger partial charge is 0.328 e. The van der Waals surface area contributed by atoms with Crippen molar-refractivity contribution >= 4 is 23.8 Å². The minimum Gasteiger partial charge on any atom is -0.480 e. The zero-order valence-corrected chi connectivity index (χ0v) is 10.6. The monoisotopic (exact) mass is 288 g/mol. The van der Waals surface area contributed by atoms with E-state index in [9.17, 15) is 19.2 Å². The number of nitrogens with one attached hydrogen (secondary N) is 1. The quantitative estimate of drug-likeness (QED) is 0.438. The van der Waals surface area contributed by atoms with Crippen molar-refractivity contribution in [1.29, 1.82) is 0 Å². The van der Waals surface area contributed by atoms with E-state index in [4.69, 9.17) is 15.3 Å². The number of likely N-dealkylation sites (tertiary alicyclic amines) is 1. The Bertz CT molecular complexity index is 423. The highest BCUT2D eigenvalue weighted by molar-refractivity contribution is 6.35. The van der Waals surface area contributed by atoms with Gasteiger partial charge in [0, 0.05) is 6.54 Å². The van der Waals surface area contributed by atoms with Crippen molar-refractivity contribution in [2.24, 2.45) is 0 Å². The summed E-state index contributed by atoms with van der Waals surface area (Å²) in [5.41, 5.74) is 0. The van der Waals surface area contributed by atoms with Gasteiger partial charge in [-0.05, 0) is 19.3 Å². The number of rotatable bonds is 4. The van der Waals surface area contributed by atoms with Crippen molar-refractivity contribution in [3.05, 3.63) is 0 Å². The predicted octanol–water partition coefficient (Wildman–Crippen LogP) is -1.99. The first-order valence-corrected chi connectivity index (χ1v) is 6.06. The van der Waals surface area contributed by atoms with Gasteiger partial charge in [-0.15, -0.1) is 0 Å². The van der Waals surface area contributed by atoms with Crippen molar-refractivity contribution in [2.45, 2.75) is 31.3 Å². The molecule has 9 nitrogen and oxygen atoms in total. The first-order chi connectivity index (χ1) is 9.38. The Hall–Kier alpha value is -2.16. The number of carbonyl (C=O) groups is 4. The lowest BCUT2D eigenvalue weighted by molar-refractivity contribution is -0.157. The molecule has 0 aromatic heterocycles. The minimum absolute atomic E-state index is 0.125. The van der Waals surface area contributed by atoms with Crippen LogP contribution in [0.1, 0.15) is 19.3 Å². The minimum atomic E-state index is -1.60. The number of carboxylic acids is 2. The largest absolute Gasteiger partial charge is 0.480 e. The first kappa shape index (κ1) is 15.9. The van der Waals surface area contributed by atoms with Gasteiger partial charge >= 0.3 is 23.8 Å². The molecule has 2 amide bonds. The lowest BCUT2D eigenvalue weighted by Crippen LogP contribution is -2.55. The summed E-state index contributed by atoms with van der Waals surface area (Å²) in [4.78, 5) is 46.1. The maximum atomic E-state index is 11.9. The lowest BCUT2D eigenvalue weighted by atomic mass is 10.0. The van der Waals surface area contributed by atoms with Crippen LogP contribution in [-0.2, 0) is 19.2 Å². The third kappa shape index (κ3) is 3.67. The summed E-state index contributed by atoms with van der Waals surface area (Å²) in [5, 5.41) is 28.3. The van der Waals surface area contributed by atoms with Crippen LogP contribution in [0.2, 0.25) is 0 Å². The lowest BCUT2D eigenvalue weighted by Gasteiger charge is -2.32. The first-order valence-electron chi connectivity index (χ1n) is 6.06. The zero-order chi connectivity index (χ0) is 15.3. The Balaban J connectivity index is 2.74. The van der Waals surface area contributed by atoms with E-state index in [0.29, 0.717) is 12.8 Å². The van der Waals surface area contributed by atoms with E-state index in [1.807, 2.05) is 5.32 Å². The van der Waals surface area contributed by atoms with Crippen LogP contribution in [0.4, 0.5) is 0 Å². The number of hydrogen-bond donors (Lipinski definition) is 4. The molecule has 0 spiro atoms. The number of carboxylic acid groups (broad SMARTS) is 2. The summed E-state index contributed by atoms with van der Waals surface area (Å²) in [6.07, 6.45) is 1.46. The van der Waals surface area contributed by atoms with Crippen LogP contribution in [0.3, 0.4) is 0 Å². The second kappa shape index (κ2) is 6.85. The number of hydrogen-bond acceptors (Lipinski definition) is 5. The molecule has 0 aromatic rings. The highest BCUT2D eigenvalue weighted by Crippen LogP contribution is 2.17. The van der Waals surface area contributed by atoms with Gasteiger partial charge in [0.25, 0.3) is 0 Å². The molecule has 1 saturated heterocycles. The SMILES string of the molecule is O=C(N[C@H](CO)C(=O)O)C(=O)N1CCCC[C@H]1C(=O)O. The van der Waals surface area contributed by atoms with Gasteiger partial charge < -0.3 is 25.5 Å². The Labute approximate surface area is 114 Å². The van der Waals surface area contributed by atoms with Crippen molar-refractivity contribution in [2.75, 3.05) is 13.2 Å². The van der Waals surface area contributed by atoms with Crippen LogP contribution in [0.5, 0.6) is 0 Å². The summed E-state index contributed by atoms with van der Waals surface area (Å²) in [5.74, 6) is -5.03. The predicted molar refractivity (Wildman–Crippen MR) is 63.6 cm³/mol. The molecule has 0 aromatic carbocycles. The van der Waals surface area contributed by atoms with Gasteiger partial charge in [-0.25, -0.2) is 9.59 Å². The number of amides is 2. The van der Waals surface area contributed by atoms with Crippen LogP contribution in [0.15, 0.2) is 0 Å². The highest BCUT2D eigenvalue weighted by atomic mass is 16.4. The van der Waals surface area contributed by atoms with Crippen LogP contribution in [0, 0.1) is 0 Å². The molecule has 1 fully saturated rings. The van der Waals surface area contributed by atoms with Crippen molar-refractivity contribution in [3.8, 4) is 0 Å². The van der Waals surface area contributed by atoms with Crippen LogP contribution in [0.25, 0.3) is 0 Å². The van der Waals surface area contributed by atoms with Crippen LogP contribution >= 0.6 is 0 Å². The van der Waals surface area contributed by atoms with Crippen LogP contribution < -0.4 is 5.32 Å². The molecule has 0 unspecified atom stereocenters. The summed E-state index contributed by atoms with van der Waals surface area (Å²) in [6.45, 7) is -0.739. The Morgan fingerprint density at radius 1 is 1.20 bits per heavy atom. The zero-order valence-electron chi connectivity index (χ0n) is 10.6. The van der Waals surface area contributed by atoms with Gasteiger partial charge in [-0.1, -0.05) is 0 Å². The molecule has 1 rings (SSSR count). The number of aliphatic carboxylic acids is 2. The molecule has 0 radical (unpaired) electrons. The molecule has 9 heteroatoms. The third-order valence-electron chi connectivity index (χ3n) is 3.03. The second-order valence-corrected chi connectivity index (χ2v) is 4.40. The Morgan fingerprint density at radius 2 is 1.85 bits per heavy atom. The number of carbonyl (C=O) groups excluding carboxylic acids is 2. The van der Waals surface area contributed by atoms with Gasteiger partial charge in [0.1, 0.15) is 6.04 Å². The number of nitrogens with zero attached hydrogens (tertiary/aromatic N) is 1. The molecule has 2 atom stereocenters. The Kier molecular flexibility index (Phi) is 5.44. The fraction of sp³-hybridized carbons (Fsp3) is 0.636. The maximum absolute atomic E-state index is 11.9. The molecule has 112 valence electrons. The molecule has 1 aliphatic heterocycles. The van der Waals surface area contributed by atoms with Gasteiger partial charge in [-0.2, -0.15) is 0 Å². The second-order valence-electron chi connectivity index (χ2n) is 4.40. The van der Waals surface area contributed by atoms with Gasteiger partial charge in [0.2, 0.25) is 0 Å². The van der Waals surface area contributed by atoms with E-state index in [0.717, 1.165) is 4.90 Å². The normalized spacial score (nSPS) is 20.1. The molecular formula is C11H16N2O7. The van der Waals surface area contributed by atoms with E-state index in [1.165, 1.54) is 0 Å². The summed E-state index contributed by atoms with van der Waals surface area (Å²) >= 11 is 0. The van der Waals surface area contributed by atoms with Crippen molar-refractivity contribution in [1.82, 2.24) is 10.2 Å². The molecule has 0 aliphatic carbocycles. The van der Waals surface area contributed by atoms with Crippen molar-refractivity contribution < 1.29 is 34.5 Å². The van der Waals surface area contributed by atoms with Gasteiger partial charge in [0.05, 0.1) is 6.61 Å². The molecule has 1 heterocycles. The van der Waals surface area contributed by atoms with Gasteiger partial charge in [-0.3, -0.25) is 9.59 Å². The average Bonchev–Trinajstić information content (AvgIpc) is 2.43. The number of piperidine rings is 1. The van der Waals surface area contributed by atoms with Crippen LogP contribution in [-0.4, -0.2) is 69.2 Å². The molecule has 1 aliphatic rings. The van der Waals surface area contributed by atoms with Gasteiger partial charge in [0.15, 0.2) is 6.04 Å².